The van der Waals surface area contributed by atoms with Crippen LogP contribution in [-0.2, 0) is 16.1 Å². The van der Waals surface area contributed by atoms with Gasteiger partial charge in [-0.15, -0.1) is 0 Å². The number of carbonyl (C=O) groups excluding carboxylic acids is 1. The molecule has 26 heavy (non-hydrogen) atoms. The summed E-state index contributed by atoms with van der Waals surface area (Å²) in [7, 11) is 0. The highest BCUT2D eigenvalue weighted by Gasteiger charge is 2.40. The number of fused-ring (bicyclic) bond motifs is 4. The van der Waals surface area contributed by atoms with Gasteiger partial charge in [0.15, 0.2) is 0 Å². The third-order valence-corrected chi connectivity index (χ3v) is 5.73. The first-order valence-electron chi connectivity index (χ1n) is 9.91. The van der Waals surface area contributed by atoms with Crippen molar-refractivity contribution in [1.29, 1.82) is 0 Å². The first kappa shape index (κ1) is 17.7. The summed E-state index contributed by atoms with van der Waals surface area (Å²) in [4.78, 5) is 28.5. The first-order chi connectivity index (χ1) is 12.7. The van der Waals surface area contributed by atoms with Gasteiger partial charge in [0.2, 0.25) is 11.9 Å². The molecule has 4 aliphatic rings. The van der Waals surface area contributed by atoms with Crippen molar-refractivity contribution in [3.05, 3.63) is 18.0 Å². The van der Waals surface area contributed by atoms with Crippen LogP contribution in [0.1, 0.15) is 31.7 Å². The van der Waals surface area contributed by atoms with Crippen LogP contribution in [-0.4, -0.2) is 77.7 Å². The molecule has 0 radical (unpaired) electrons. The molecule has 0 saturated carbocycles. The topological polar surface area (TPSA) is 61.8 Å². The van der Waals surface area contributed by atoms with Gasteiger partial charge in [0, 0.05) is 63.3 Å². The van der Waals surface area contributed by atoms with Crippen molar-refractivity contribution in [2.45, 2.75) is 38.8 Å². The van der Waals surface area contributed by atoms with Crippen LogP contribution in [0.5, 0.6) is 0 Å². The Morgan fingerprint density at radius 1 is 1.15 bits per heavy atom. The SMILES string of the molecule is CCCN1C(=O)C2CCC1CN(Cc1cnc(N3CCOCC3)nc1)C2. The van der Waals surface area contributed by atoms with E-state index in [4.69, 9.17) is 4.74 Å². The summed E-state index contributed by atoms with van der Waals surface area (Å²) in [5, 5.41) is 0. The Balaban J connectivity index is 1.40. The summed E-state index contributed by atoms with van der Waals surface area (Å²) in [6.45, 7) is 8.88. The van der Waals surface area contributed by atoms with Crippen molar-refractivity contribution in [1.82, 2.24) is 19.8 Å². The predicted octanol–water partition coefficient (Wildman–Crippen LogP) is 1.15. The van der Waals surface area contributed by atoms with Crippen molar-refractivity contribution in [2.75, 3.05) is 50.8 Å². The lowest BCUT2D eigenvalue weighted by molar-refractivity contribution is -0.139. The molecular weight excluding hydrogens is 330 g/mol. The second kappa shape index (κ2) is 7.88. The number of morpholine rings is 1. The molecule has 0 N–H and O–H groups in total. The molecule has 0 aliphatic carbocycles. The lowest BCUT2D eigenvalue weighted by Gasteiger charge is -2.35. The van der Waals surface area contributed by atoms with Gasteiger partial charge >= 0.3 is 0 Å². The molecule has 5 rings (SSSR count). The van der Waals surface area contributed by atoms with Crippen molar-refractivity contribution in [3.8, 4) is 0 Å². The normalized spacial score (nSPS) is 27.0. The fourth-order valence-corrected chi connectivity index (χ4v) is 4.41. The van der Waals surface area contributed by atoms with Crippen LogP contribution >= 0.6 is 0 Å². The van der Waals surface area contributed by atoms with Crippen molar-refractivity contribution >= 4 is 11.9 Å². The van der Waals surface area contributed by atoms with Gasteiger partial charge in [-0.05, 0) is 19.3 Å². The zero-order valence-electron chi connectivity index (χ0n) is 15.6. The number of amides is 1. The van der Waals surface area contributed by atoms with Crippen LogP contribution in [0.2, 0.25) is 0 Å². The molecule has 7 nitrogen and oxygen atoms in total. The third kappa shape index (κ3) is 3.69. The van der Waals surface area contributed by atoms with Crippen LogP contribution in [0, 0.1) is 5.92 Å². The molecule has 4 fully saturated rings. The number of ether oxygens (including phenoxy) is 1. The number of piperidine rings is 1. The zero-order valence-corrected chi connectivity index (χ0v) is 15.6. The molecule has 5 heterocycles. The van der Waals surface area contributed by atoms with E-state index in [-0.39, 0.29) is 5.92 Å². The molecule has 2 bridgehead atoms. The monoisotopic (exact) mass is 359 g/mol. The van der Waals surface area contributed by atoms with Crippen molar-refractivity contribution < 1.29 is 9.53 Å². The van der Waals surface area contributed by atoms with Crippen molar-refractivity contribution in [2.24, 2.45) is 5.92 Å². The number of anilines is 1. The molecule has 4 saturated heterocycles. The maximum atomic E-state index is 12.7. The molecule has 2 unspecified atom stereocenters. The summed E-state index contributed by atoms with van der Waals surface area (Å²) in [5.74, 6) is 1.32. The van der Waals surface area contributed by atoms with Gasteiger partial charge in [-0.2, -0.15) is 0 Å². The van der Waals surface area contributed by atoms with Crippen LogP contribution in [0.15, 0.2) is 12.4 Å². The fraction of sp³-hybridized carbons (Fsp3) is 0.737. The Labute approximate surface area is 155 Å². The molecule has 7 heteroatoms. The van der Waals surface area contributed by atoms with E-state index in [2.05, 4.69) is 31.6 Å². The smallest absolute Gasteiger partial charge is 0.227 e. The van der Waals surface area contributed by atoms with E-state index in [0.29, 0.717) is 11.9 Å². The second-order valence-electron chi connectivity index (χ2n) is 7.64. The molecule has 0 aromatic carbocycles. The number of rotatable bonds is 5. The Kier molecular flexibility index (Phi) is 5.36. The van der Waals surface area contributed by atoms with Gasteiger partial charge in [-0.3, -0.25) is 9.69 Å². The van der Waals surface area contributed by atoms with Crippen molar-refractivity contribution in [3.63, 3.8) is 0 Å². The Hall–Kier alpha value is -1.73. The Bertz CT molecular complexity index is 617. The number of aromatic nitrogens is 2. The summed E-state index contributed by atoms with van der Waals surface area (Å²) in [6.07, 6.45) is 7.09. The van der Waals surface area contributed by atoms with Gasteiger partial charge in [-0.1, -0.05) is 6.92 Å². The maximum absolute atomic E-state index is 12.7. The number of carbonyl (C=O) groups is 1. The molecular formula is C19H29N5O2. The zero-order chi connectivity index (χ0) is 17.9. The largest absolute Gasteiger partial charge is 0.378 e. The minimum Gasteiger partial charge on any atom is -0.378 e. The maximum Gasteiger partial charge on any atom is 0.227 e. The highest BCUT2D eigenvalue weighted by atomic mass is 16.5. The molecule has 0 spiro atoms. The molecule has 1 amide bonds. The van der Waals surface area contributed by atoms with E-state index in [9.17, 15) is 4.79 Å². The number of hydrogen-bond donors (Lipinski definition) is 0. The van der Waals surface area contributed by atoms with Gasteiger partial charge in [0.1, 0.15) is 0 Å². The summed E-state index contributed by atoms with van der Waals surface area (Å²) >= 11 is 0. The molecule has 1 aromatic rings. The van der Waals surface area contributed by atoms with Gasteiger partial charge < -0.3 is 14.5 Å². The van der Waals surface area contributed by atoms with E-state index in [1.165, 1.54) is 0 Å². The second-order valence-corrected chi connectivity index (χ2v) is 7.64. The van der Waals surface area contributed by atoms with Gasteiger partial charge in [0.25, 0.3) is 0 Å². The van der Waals surface area contributed by atoms with E-state index in [1.807, 2.05) is 12.4 Å². The average Bonchev–Trinajstić information content (AvgIpc) is 2.95. The van der Waals surface area contributed by atoms with E-state index in [0.717, 1.165) is 83.3 Å². The summed E-state index contributed by atoms with van der Waals surface area (Å²) in [5.41, 5.74) is 1.12. The van der Waals surface area contributed by atoms with E-state index < -0.39 is 0 Å². The van der Waals surface area contributed by atoms with Crippen LogP contribution in [0.25, 0.3) is 0 Å². The van der Waals surface area contributed by atoms with Crippen LogP contribution < -0.4 is 4.90 Å². The highest BCUT2D eigenvalue weighted by Crippen LogP contribution is 2.30. The number of nitrogens with zero attached hydrogens (tertiary/aromatic N) is 5. The summed E-state index contributed by atoms with van der Waals surface area (Å²) < 4.78 is 5.38. The van der Waals surface area contributed by atoms with E-state index >= 15 is 0 Å². The number of hydrogen-bond acceptors (Lipinski definition) is 6. The fourth-order valence-electron chi connectivity index (χ4n) is 4.41. The first-order valence-corrected chi connectivity index (χ1v) is 9.91. The van der Waals surface area contributed by atoms with Gasteiger partial charge in [0.05, 0.1) is 19.1 Å². The standard InChI is InChI=1S/C19H29N5O2/c1-2-5-24-17-4-3-16(18(24)25)13-22(14-17)12-15-10-20-19(21-11-15)23-6-8-26-9-7-23/h10-11,16-17H,2-9,12-14H2,1H3. The molecule has 142 valence electrons. The van der Waals surface area contributed by atoms with Crippen LogP contribution in [0.3, 0.4) is 0 Å². The minimum atomic E-state index is 0.161. The van der Waals surface area contributed by atoms with Gasteiger partial charge in [-0.25, -0.2) is 9.97 Å². The average molecular weight is 359 g/mol. The lowest BCUT2D eigenvalue weighted by atomic mass is 9.94. The molecule has 1 aromatic heterocycles. The highest BCUT2D eigenvalue weighted by molar-refractivity contribution is 5.80. The quantitative estimate of drug-likeness (QED) is 0.786. The Morgan fingerprint density at radius 3 is 2.65 bits per heavy atom. The summed E-state index contributed by atoms with van der Waals surface area (Å²) in [6, 6.07) is 0.370. The predicted molar refractivity (Wildman–Crippen MR) is 98.9 cm³/mol. The Morgan fingerprint density at radius 2 is 1.92 bits per heavy atom. The molecule has 2 atom stereocenters. The van der Waals surface area contributed by atoms with E-state index in [1.54, 1.807) is 0 Å². The van der Waals surface area contributed by atoms with Crippen LogP contribution in [0.4, 0.5) is 5.95 Å². The molecule has 4 aliphatic heterocycles. The minimum absolute atomic E-state index is 0.161. The third-order valence-electron chi connectivity index (χ3n) is 5.73. The lowest BCUT2D eigenvalue weighted by Crippen LogP contribution is -2.48.